The molecule has 0 aromatic rings. The van der Waals surface area contributed by atoms with Crippen LogP contribution in [0.2, 0.25) is 0 Å². The Labute approximate surface area is 59.2 Å². The third-order valence-corrected chi connectivity index (χ3v) is 1.57. The Balaban J connectivity index is 1.54. The minimum absolute atomic E-state index is 0.322. The Morgan fingerprint density at radius 3 is 2.90 bits per heavy atom. The summed E-state index contributed by atoms with van der Waals surface area (Å²) in [6, 6.07) is 0. The van der Waals surface area contributed by atoms with E-state index in [4.69, 9.17) is 19.9 Å². The molecule has 0 aliphatic carbocycles. The molecule has 0 amide bonds. The Bertz CT molecular complexity index is 131. The first-order chi connectivity index (χ1) is 4.79. The lowest BCUT2D eigenvalue weighted by atomic mass is 10.4. The molecule has 58 valence electrons. The van der Waals surface area contributed by atoms with Crippen molar-refractivity contribution in [3.8, 4) is 0 Å². The topological polar surface area (TPSA) is 60.3 Å². The van der Waals surface area contributed by atoms with Crippen LogP contribution in [0.5, 0.6) is 0 Å². The first kappa shape index (κ1) is 6.54. The second kappa shape index (κ2) is 2.17. The van der Waals surface area contributed by atoms with Crippen LogP contribution < -0.4 is 5.73 Å². The normalized spacial score (nSPS) is 43.5. The average molecular weight is 145 g/mol. The Kier molecular flexibility index (Phi) is 1.42. The minimum Gasteiger partial charge on any atom is -0.374 e. The standard InChI is InChI=1S/C6H11NO3/c7-6(4-10-6)3-8-1-5-2-9-5/h5H,1-4,7H2. The lowest BCUT2D eigenvalue weighted by Gasteiger charge is -2.04. The maximum atomic E-state index is 5.57. The summed E-state index contributed by atoms with van der Waals surface area (Å²) in [5.74, 6) is 0. The molecule has 0 aromatic carbocycles. The van der Waals surface area contributed by atoms with Crippen LogP contribution in [0.3, 0.4) is 0 Å². The molecule has 2 fully saturated rings. The van der Waals surface area contributed by atoms with Crippen molar-refractivity contribution in [3.63, 3.8) is 0 Å². The fourth-order valence-electron chi connectivity index (χ4n) is 0.703. The van der Waals surface area contributed by atoms with Crippen LogP contribution in [0.4, 0.5) is 0 Å². The highest BCUT2D eigenvalue weighted by Gasteiger charge is 2.41. The Morgan fingerprint density at radius 2 is 2.40 bits per heavy atom. The van der Waals surface area contributed by atoms with Crippen LogP contribution in [0.25, 0.3) is 0 Å². The smallest absolute Gasteiger partial charge is 0.164 e. The minimum atomic E-state index is -0.463. The summed E-state index contributed by atoms with van der Waals surface area (Å²) < 4.78 is 15.1. The fraction of sp³-hybridized carbons (Fsp3) is 1.00. The third-order valence-electron chi connectivity index (χ3n) is 1.57. The summed E-state index contributed by atoms with van der Waals surface area (Å²) in [6.07, 6.45) is 0.322. The lowest BCUT2D eigenvalue weighted by Crippen LogP contribution is -2.30. The van der Waals surface area contributed by atoms with Crippen LogP contribution in [-0.4, -0.2) is 38.3 Å². The zero-order valence-electron chi connectivity index (χ0n) is 5.71. The summed E-state index contributed by atoms with van der Waals surface area (Å²) in [4.78, 5) is 0. The van der Waals surface area contributed by atoms with E-state index in [2.05, 4.69) is 0 Å². The quantitative estimate of drug-likeness (QED) is 0.520. The predicted molar refractivity (Wildman–Crippen MR) is 33.4 cm³/mol. The van der Waals surface area contributed by atoms with Gasteiger partial charge in [0.25, 0.3) is 0 Å². The highest BCUT2D eigenvalue weighted by Crippen LogP contribution is 2.20. The molecule has 2 rings (SSSR count). The lowest BCUT2D eigenvalue weighted by molar-refractivity contribution is 0.0702. The van der Waals surface area contributed by atoms with Gasteiger partial charge in [0.2, 0.25) is 0 Å². The van der Waals surface area contributed by atoms with Crippen LogP contribution in [0, 0.1) is 0 Å². The second-order valence-electron chi connectivity index (χ2n) is 2.82. The van der Waals surface area contributed by atoms with E-state index >= 15 is 0 Å². The van der Waals surface area contributed by atoms with Crippen molar-refractivity contribution in [2.45, 2.75) is 11.8 Å². The first-order valence-corrected chi connectivity index (χ1v) is 3.41. The van der Waals surface area contributed by atoms with Crippen molar-refractivity contribution in [1.82, 2.24) is 0 Å². The van der Waals surface area contributed by atoms with E-state index in [1.807, 2.05) is 0 Å². The van der Waals surface area contributed by atoms with E-state index in [0.29, 0.717) is 25.9 Å². The van der Waals surface area contributed by atoms with Crippen molar-refractivity contribution < 1.29 is 14.2 Å². The Hall–Kier alpha value is -0.160. The van der Waals surface area contributed by atoms with Crippen LogP contribution in [0.15, 0.2) is 0 Å². The average Bonchev–Trinajstić information content (AvgIpc) is 2.70. The van der Waals surface area contributed by atoms with Gasteiger partial charge in [-0.25, -0.2) is 0 Å². The van der Waals surface area contributed by atoms with E-state index in [1.165, 1.54) is 0 Å². The number of epoxide rings is 2. The second-order valence-corrected chi connectivity index (χ2v) is 2.82. The van der Waals surface area contributed by atoms with E-state index in [1.54, 1.807) is 0 Å². The summed E-state index contributed by atoms with van der Waals surface area (Å²) in [6.45, 7) is 2.60. The summed E-state index contributed by atoms with van der Waals surface area (Å²) >= 11 is 0. The molecule has 0 bridgehead atoms. The maximum Gasteiger partial charge on any atom is 0.164 e. The number of ether oxygens (including phenoxy) is 3. The molecule has 0 radical (unpaired) electrons. The summed E-state index contributed by atoms with van der Waals surface area (Å²) in [5.41, 5.74) is 5.10. The van der Waals surface area contributed by atoms with Gasteiger partial charge < -0.3 is 14.2 Å². The molecule has 4 nitrogen and oxygen atoms in total. The highest BCUT2D eigenvalue weighted by atomic mass is 16.6. The van der Waals surface area contributed by atoms with Gasteiger partial charge in [-0.2, -0.15) is 0 Å². The number of hydrogen-bond acceptors (Lipinski definition) is 4. The van der Waals surface area contributed by atoms with E-state index in [0.717, 1.165) is 6.61 Å². The number of rotatable bonds is 4. The van der Waals surface area contributed by atoms with Crippen molar-refractivity contribution >= 4 is 0 Å². The van der Waals surface area contributed by atoms with Crippen LogP contribution >= 0.6 is 0 Å². The van der Waals surface area contributed by atoms with Gasteiger partial charge in [-0.1, -0.05) is 0 Å². The largest absolute Gasteiger partial charge is 0.374 e. The molecule has 0 aromatic heterocycles. The van der Waals surface area contributed by atoms with Crippen molar-refractivity contribution in [2.75, 3.05) is 26.4 Å². The monoisotopic (exact) mass is 145 g/mol. The Morgan fingerprint density at radius 1 is 1.70 bits per heavy atom. The first-order valence-electron chi connectivity index (χ1n) is 3.41. The predicted octanol–water partition coefficient (Wildman–Crippen LogP) is -0.913. The van der Waals surface area contributed by atoms with Gasteiger partial charge in [0.1, 0.15) is 6.10 Å². The molecule has 2 N–H and O–H groups in total. The van der Waals surface area contributed by atoms with Crippen molar-refractivity contribution in [1.29, 1.82) is 0 Å². The molecule has 10 heavy (non-hydrogen) atoms. The van der Waals surface area contributed by atoms with Crippen molar-refractivity contribution in [2.24, 2.45) is 5.73 Å². The molecular weight excluding hydrogens is 134 g/mol. The molecule has 2 saturated heterocycles. The molecule has 2 atom stereocenters. The highest BCUT2D eigenvalue weighted by molar-refractivity contribution is 4.85. The number of nitrogens with two attached hydrogens (primary N) is 1. The molecule has 2 heterocycles. The SMILES string of the molecule is NC1(COCC2CO2)CO1. The van der Waals surface area contributed by atoms with Gasteiger partial charge in [0, 0.05) is 0 Å². The summed E-state index contributed by atoms with van der Waals surface area (Å²) in [7, 11) is 0. The van der Waals surface area contributed by atoms with E-state index in [-0.39, 0.29) is 0 Å². The van der Waals surface area contributed by atoms with E-state index in [9.17, 15) is 0 Å². The molecule has 4 heteroatoms. The van der Waals surface area contributed by atoms with Gasteiger partial charge in [-0.15, -0.1) is 0 Å². The van der Waals surface area contributed by atoms with Gasteiger partial charge >= 0.3 is 0 Å². The molecule has 2 unspecified atom stereocenters. The zero-order chi connectivity index (χ0) is 7.03. The third kappa shape index (κ3) is 1.67. The molecule has 2 aliphatic heterocycles. The fourth-order valence-corrected chi connectivity index (χ4v) is 0.703. The zero-order valence-corrected chi connectivity index (χ0v) is 5.71. The number of hydrogen-bond donors (Lipinski definition) is 1. The molecule has 0 spiro atoms. The summed E-state index contributed by atoms with van der Waals surface area (Å²) in [5, 5.41) is 0. The molecule has 2 aliphatic rings. The van der Waals surface area contributed by atoms with Crippen molar-refractivity contribution in [3.05, 3.63) is 0 Å². The van der Waals surface area contributed by atoms with Gasteiger partial charge in [-0.3, -0.25) is 5.73 Å². The van der Waals surface area contributed by atoms with Gasteiger partial charge in [-0.05, 0) is 0 Å². The van der Waals surface area contributed by atoms with Gasteiger partial charge in [0.15, 0.2) is 5.72 Å². The van der Waals surface area contributed by atoms with Gasteiger partial charge in [0.05, 0.1) is 26.4 Å². The van der Waals surface area contributed by atoms with Crippen LogP contribution in [-0.2, 0) is 14.2 Å². The van der Waals surface area contributed by atoms with Crippen LogP contribution in [0.1, 0.15) is 0 Å². The molecule has 0 saturated carbocycles. The maximum absolute atomic E-state index is 5.57. The van der Waals surface area contributed by atoms with E-state index < -0.39 is 5.72 Å². The molecular formula is C6H11NO3.